The number of carbonyl (C=O) groups excluding carboxylic acids is 1. The predicted octanol–water partition coefficient (Wildman–Crippen LogP) is 0.274. The van der Waals surface area contributed by atoms with Crippen LogP contribution in [0.25, 0.3) is 0 Å². The van der Waals surface area contributed by atoms with E-state index >= 15 is 0 Å². The second-order valence-corrected chi connectivity index (χ2v) is 3.42. The summed E-state index contributed by atoms with van der Waals surface area (Å²) in [5.74, 6) is -0.166. The summed E-state index contributed by atoms with van der Waals surface area (Å²) in [6.07, 6.45) is 2.24. The molecule has 0 aliphatic heterocycles. The van der Waals surface area contributed by atoms with E-state index in [-0.39, 0.29) is 12.2 Å². The molecular formula is C6H13NO4S. The highest BCUT2D eigenvalue weighted by molar-refractivity contribution is 7.79. The molecule has 0 rings (SSSR count). The fourth-order valence-electron chi connectivity index (χ4n) is 0.744. The van der Waals surface area contributed by atoms with Gasteiger partial charge in [-0.25, -0.2) is 9.69 Å². The van der Waals surface area contributed by atoms with Crippen molar-refractivity contribution < 1.29 is 18.8 Å². The molecule has 6 heteroatoms. The second kappa shape index (κ2) is 7.20. The normalized spacial score (nSPS) is 12.5. The highest BCUT2D eigenvalue weighted by atomic mass is 32.2. The van der Waals surface area contributed by atoms with Crippen molar-refractivity contribution in [1.29, 1.82) is 0 Å². The lowest BCUT2D eigenvalue weighted by Crippen LogP contribution is -2.17. The molecule has 3 N–H and O–H groups in total. The number of hydroxylamine groups is 1. The van der Waals surface area contributed by atoms with Gasteiger partial charge in [-0.15, -0.1) is 0 Å². The zero-order valence-electron chi connectivity index (χ0n) is 6.65. The van der Waals surface area contributed by atoms with E-state index in [2.05, 4.69) is 0 Å². The van der Waals surface area contributed by atoms with Crippen LogP contribution in [0.4, 0.5) is 0 Å². The molecule has 1 amide bonds. The smallest absolute Gasteiger partial charge is 0.243 e. The Morgan fingerprint density at radius 1 is 1.33 bits per heavy atom. The van der Waals surface area contributed by atoms with E-state index < -0.39 is 17.0 Å². The third-order valence-electron chi connectivity index (χ3n) is 1.35. The van der Waals surface area contributed by atoms with E-state index in [1.54, 1.807) is 0 Å². The van der Waals surface area contributed by atoms with Gasteiger partial charge in [0.15, 0.2) is 11.1 Å². The Hall–Kier alpha value is -0.460. The van der Waals surface area contributed by atoms with Gasteiger partial charge in [0.1, 0.15) is 0 Å². The van der Waals surface area contributed by atoms with E-state index in [4.69, 9.17) is 9.76 Å². The van der Waals surface area contributed by atoms with Gasteiger partial charge in [-0.2, -0.15) is 0 Å². The van der Waals surface area contributed by atoms with Crippen LogP contribution in [0.15, 0.2) is 0 Å². The summed E-state index contributed by atoms with van der Waals surface area (Å²) in [5.41, 5.74) is 1.52. The highest BCUT2D eigenvalue weighted by Crippen LogP contribution is 1.99. The first-order valence-corrected chi connectivity index (χ1v) is 4.95. The third-order valence-corrected chi connectivity index (χ3v) is 1.99. The zero-order valence-corrected chi connectivity index (χ0v) is 7.47. The molecule has 0 bridgehead atoms. The summed E-state index contributed by atoms with van der Waals surface area (Å²) in [4.78, 5) is 10.4. The van der Waals surface area contributed by atoms with Crippen molar-refractivity contribution in [2.45, 2.75) is 25.7 Å². The van der Waals surface area contributed by atoms with Crippen LogP contribution >= 0.6 is 0 Å². The predicted molar refractivity (Wildman–Crippen MR) is 44.0 cm³/mol. The Labute approximate surface area is 73.4 Å². The van der Waals surface area contributed by atoms with Crippen LogP contribution in [0.1, 0.15) is 25.7 Å². The summed E-state index contributed by atoms with van der Waals surface area (Å²) in [6.45, 7) is 0. The maximum Gasteiger partial charge on any atom is 0.243 e. The molecule has 0 aliphatic carbocycles. The SMILES string of the molecule is O=C(CCCCCS(=O)O)NO. The monoisotopic (exact) mass is 195 g/mol. The van der Waals surface area contributed by atoms with Crippen LogP contribution < -0.4 is 5.48 Å². The maximum absolute atomic E-state index is 10.4. The van der Waals surface area contributed by atoms with Gasteiger partial charge >= 0.3 is 0 Å². The van der Waals surface area contributed by atoms with Gasteiger partial charge < -0.3 is 4.55 Å². The molecule has 0 spiro atoms. The summed E-state index contributed by atoms with van der Waals surface area (Å²) in [5, 5.41) is 8.09. The molecule has 0 radical (unpaired) electrons. The molecule has 0 fully saturated rings. The number of hydrogen-bond donors (Lipinski definition) is 3. The van der Waals surface area contributed by atoms with E-state index in [9.17, 15) is 9.00 Å². The Balaban J connectivity index is 3.11. The molecule has 0 aliphatic rings. The molecule has 1 atom stereocenters. The molecule has 0 heterocycles. The number of hydrogen-bond acceptors (Lipinski definition) is 3. The van der Waals surface area contributed by atoms with Crippen LogP contribution in [0.5, 0.6) is 0 Å². The van der Waals surface area contributed by atoms with Crippen LogP contribution in [-0.4, -0.2) is 25.6 Å². The van der Waals surface area contributed by atoms with Gasteiger partial charge in [0.25, 0.3) is 0 Å². The molecule has 72 valence electrons. The van der Waals surface area contributed by atoms with Crippen molar-refractivity contribution in [2.75, 3.05) is 5.75 Å². The van der Waals surface area contributed by atoms with E-state index in [1.807, 2.05) is 0 Å². The minimum atomic E-state index is -1.73. The molecule has 0 aromatic heterocycles. The molecule has 0 aromatic rings. The van der Waals surface area contributed by atoms with E-state index in [1.165, 1.54) is 5.48 Å². The van der Waals surface area contributed by atoms with Gasteiger partial charge in [0.05, 0.1) is 0 Å². The van der Waals surface area contributed by atoms with E-state index in [0.29, 0.717) is 12.8 Å². The quantitative estimate of drug-likeness (QED) is 0.246. The van der Waals surface area contributed by atoms with Crippen molar-refractivity contribution >= 4 is 17.0 Å². The number of unbranched alkanes of at least 4 members (excludes halogenated alkanes) is 2. The van der Waals surface area contributed by atoms with Gasteiger partial charge in [0.2, 0.25) is 5.91 Å². The summed E-state index contributed by atoms with van der Waals surface area (Å²) in [7, 11) is 0. The molecule has 12 heavy (non-hydrogen) atoms. The molecule has 5 nitrogen and oxygen atoms in total. The lowest BCUT2D eigenvalue weighted by atomic mass is 10.2. The molecular weight excluding hydrogens is 182 g/mol. The average molecular weight is 195 g/mol. The van der Waals surface area contributed by atoms with Crippen molar-refractivity contribution in [3.05, 3.63) is 0 Å². The number of carbonyl (C=O) groups is 1. The minimum Gasteiger partial charge on any atom is -0.306 e. The average Bonchev–Trinajstić information content (AvgIpc) is 2.03. The molecule has 1 unspecified atom stereocenters. The van der Waals surface area contributed by atoms with Gasteiger partial charge in [-0.1, -0.05) is 6.42 Å². The fraction of sp³-hybridized carbons (Fsp3) is 0.833. The van der Waals surface area contributed by atoms with Crippen molar-refractivity contribution in [1.82, 2.24) is 5.48 Å². The van der Waals surface area contributed by atoms with Crippen LogP contribution in [0.3, 0.4) is 0 Å². The van der Waals surface area contributed by atoms with E-state index in [0.717, 1.165) is 6.42 Å². The maximum atomic E-state index is 10.4. The van der Waals surface area contributed by atoms with Gasteiger partial charge in [0, 0.05) is 12.2 Å². The first kappa shape index (κ1) is 11.5. The van der Waals surface area contributed by atoms with Gasteiger partial charge in [-0.05, 0) is 12.8 Å². The first-order chi connectivity index (χ1) is 5.66. The van der Waals surface area contributed by atoms with Crippen LogP contribution in [0, 0.1) is 0 Å². The molecule has 0 saturated heterocycles. The highest BCUT2D eigenvalue weighted by Gasteiger charge is 1.98. The lowest BCUT2D eigenvalue weighted by Gasteiger charge is -1.97. The summed E-state index contributed by atoms with van der Waals surface area (Å²) in [6, 6.07) is 0. The number of rotatable bonds is 6. The lowest BCUT2D eigenvalue weighted by molar-refractivity contribution is -0.129. The number of amides is 1. The van der Waals surface area contributed by atoms with Crippen LogP contribution in [-0.2, 0) is 15.9 Å². The Morgan fingerprint density at radius 3 is 2.50 bits per heavy atom. The Kier molecular flexibility index (Phi) is 6.93. The van der Waals surface area contributed by atoms with Crippen molar-refractivity contribution in [3.8, 4) is 0 Å². The van der Waals surface area contributed by atoms with Gasteiger partial charge in [-0.3, -0.25) is 10.0 Å². The summed E-state index contributed by atoms with van der Waals surface area (Å²) < 4.78 is 18.5. The largest absolute Gasteiger partial charge is 0.306 e. The topological polar surface area (TPSA) is 86.6 Å². The van der Waals surface area contributed by atoms with Crippen molar-refractivity contribution in [2.24, 2.45) is 0 Å². The van der Waals surface area contributed by atoms with Crippen molar-refractivity contribution in [3.63, 3.8) is 0 Å². The zero-order chi connectivity index (χ0) is 9.40. The second-order valence-electron chi connectivity index (χ2n) is 2.37. The molecule has 0 aromatic carbocycles. The summed E-state index contributed by atoms with van der Waals surface area (Å²) >= 11 is -1.73. The Morgan fingerprint density at radius 2 is 2.00 bits per heavy atom. The standard InChI is InChI=1S/C6H13NO4S/c8-6(7-9)4-2-1-3-5-12(10)11/h9H,1-5H2,(H,7,8)(H,10,11). The number of nitrogens with one attached hydrogen (secondary N) is 1. The third kappa shape index (κ3) is 7.64. The first-order valence-electron chi connectivity index (χ1n) is 3.67. The Bertz CT molecular complexity index is 162. The van der Waals surface area contributed by atoms with Crippen LogP contribution in [0.2, 0.25) is 0 Å². The molecule has 0 saturated carbocycles. The fourth-order valence-corrected chi connectivity index (χ4v) is 1.19. The minimum absolute atomic E-state index is 0.251.